The molecular weight excluding hydrogens is 254 g/mol. The van der Waals surface area contributed by atoms with Crippen LogP contribution in [-0.4, -0.2) is 9.97 Å². The Morgan fingerprint density at radius 1 is 1.21 bits per heavy atom. The van der Waals surface area contributed by atoms with Crippen molar-refractivity contribution in [2.45, 2.75) is 19.4 Å². The largest absolute Gasteiger partial charge is 0.324 e. The molecule has 3 aromatic rings. The number of hydrogen-bond donors (Lipinski definition) is 1. The zero-order valence-electron chi connectivity index (χ0n) is 10.7. The van der Waals surface area contributed by atoms with Crippen molar-refractivity contribution >= 4 is 21.6 Å². The summed E-state index contributed by atoms with van der Waals surface area (Å²) in [4.78, 5) is 8.90. The predicted molar refractivity (Wildman–Crippen MR) is 79.2 cm³/mol. The maximum Gasteiger partial charge on any atom is 0.0957 e. The van der Waals surface area contributed by atoms with Crippen molar-refractivity contribution in [3.8, 4) is 0 Å². The molecule has 96 valence electrons. The van der Waals surface area contributed by atoms with Crippen molar-refractivity contribution in [3.05, 3.63) is 58.9 Å². The highest BCUT2D eigenvalue weighted by molar-refractivity contribution is 7.18. The number of aryl methyl sites for hydroxylation is 1. The lowest BCUT2D eigenvalue weighted by Crippen LogP contribution is -2.13. The van der Waals surface area contributed by atoms with Gasteiger partial charge in [-0.3, -0.25) is 4.98 Å². The van der Waals surface area contributed by atoms with E-state index < -0.39 is 0 Å². The second kappa shape index (κ2) is 5.07. The molecule has 3 nitrogen and oxygen atoms in total. The molecule has 0 aliphatic carbocycles. The van der Waals surface area contributed by atoms with Crippen LogP contribution in [0.2, 0.25) is 0 Å². The van der Waals surface area contributed by atoms with Gasteiger partial charge in [0.1, 0.15) is 0 Å². The highest BCUT2D eigenvalue weighted by atomic mass is 32.1. The van der Waals surface area contributed by atoms with Crippen molar-refractivity contribution in [3.63, 3.8) is 0 Å². The average Bonchev–Trinajstić information content (AvgIpc) is 2.81. The van der Waals surface area contributed by atoms with E-state index in [1.165, 1.54) is 4.70 Å². The molecule has 2 heterocycles. The number of pyridine rings is 1. The molecule has 1 atom stereocenters. The van der Waals surface area contributed by atoms with E-state index >= 15 is 0 Å². The second-order valence-corrected chi connectivity index (χ2v) is 5.73. The van der Waals surface area contributed by atoms with E-state index in [1.54, 1.807) is 11.3 Å². The van der Waals surface area contributed by atoms with Crippen LogP contribution in [0.3, 0.4) is 0 Å². The smallest absolute Gasteiger partial charge is 0.0957 e. The van der Waals surface area contributed by atoms with Crippen LogP contribution in [0, 0.1) is 6.92 Å². The number of aromatic nitrogens is 2. The number of rotatable bonds is 3. The first-order valence-corrected chi connectivity index (χ1v) is 7.06. The summed E-state index contributed by atoms with van der Waals surface area (Å²) in [6.45, 7) is 1.98. The zero-order valence-corrected chi connectivity index (χ0v) is 11.5. The van der Waals surface area contributed by atoms with E-state index in [9.17, 15) is 0 Å². The minimum atomic E-state index is -0.0475. The van der Waals surface area contributed by atoms with Gasteiger partial charge in [0.15, 0.2) is 0 Å². The number of nitrogens with two attached hydrogens (primary N) is 1. The van der Waals surface area contributed by atoms with Gasteiger partial charge in [-0.2, -0.15) is 0 Å². The van der Waals surface area contributed by atoms with Crippen molar-refractivity contribution in [1.29, 1.82) is 0 Å². The molecular formula is C15H15N3S. The van der Waals surface area contributed by atoms with Crippen LogP contribution in [-0.2, 0) is 6.42 Å². The maximum absolute atomic E-state index is 6.23. The van der Waals surface area contributed by atoms with Crippen LogP contribution in [0.4, 0.5) is 0 Å². The number of benzene rings is 1. The minimum absolute atomic E-state index is 0.0475. The van der Waals surface area contributed by atoms with Crippen molar-refractivity contribution in [2.24, 2.45) is 5.73 Å². The number of para-hydroxylation sites is 1. The summed E-state index contributed by atoms with van der Waals surface area (Å²) in [5.74, 6) is 0. The van der Waals surface area contributed by atoms with E-state index in [-0.39, 0.29) is 6.04 Å². The summed E-state index contributed by atoms with van der Waals surface area (Å²) in [6, 6.07) is 12.2. The number of nitrogens with zero attached hydrogens (tertiary/aromatic N) is 2. The van der Waals surface area contributed by atoms with Crippen LogP contribution in [0.25, 0.3) is 10.2 Å². The molecule has 0 radical (unpaired) electrons. The topological polar surface area (TPSA) is 51.8 Å². The summed E-state index contributed by atoms with van der Waals surface area (Å²) < 4.78 is 1.21. The third-order valence-electron chi connectivity index (χ3n) is 3.10. The lowest BCUT2D eigenvalue weighted by atomic mass is 10.1. The normalized spacial score (nSPS) is 12.7. The van der Waals surface area contributed by atoms with Gasteiger partial charge in [0, 0.05) is 24.4 Å². The highest BCUT2D eigenvalue weighted by Crippen LogP contribution is 2.25. The summed E-state index contributed by atoms with van der Waals surface area (Å²) >= 11 is 1.71. The molecule has 4 heteroatoms. The van der Waals surface area contributed by atoms with Crippen LogP contribution < -0.4 is 5.73 Å². The Kier molecular flexibility index (Phi) is 3.27. The fraction of sp³-hybridized carbons (Fsp3) is 0.200. The third kappa shape index (κ3) is 2.64. The number of hydrogen-bond acceptors (Lipinski definition) is 4. The molecule has 0 aliphatic heterocycles. The Bertz CT molecular complexity index is 655. The van der Waals surface area contributed by atoms with Gasteiger partial charge in [-0.05, 0) is 30.7 Å². The minimum Gasteiger partial charge on any atom is -0.324 e. The summed E-state index contributed by atoms with van der Waals surface area (Å²) in [5.41, 5.74) is 9.35. The van der Waals surface area contributed by atoms with Gasteiger partial charge in [-0.1, -0.05) is 18.2 Å². The monoisotopic (exact) mass is 269 g/mol. The van der Waals surface area contributed by atoms with Crippen LogP contribution >= 0.6 is 11.3 Å². The standard InChI is InChI=1S/C15H15N3S/c1-10-6-7-11(9-17-10)12(16)8-15-18-13-4-2-3-5-14(13)19-15/h2-7,9,12H,8,16H2,1H3. The molecule has 0 aliphatic rings. The zero-order chi connectivity index (χ0) is 13.2. The van der Waals surface area contributed by atoms with Gasteiger partial charge in [0.2, 0.25) is 0 Å². The Hall–Kier alpha value is -1.78. The van der Waals surface area contributed by atoms with E-state index in [1.807, 2.05) is 43.5 Å². The molecule has 3 rings (SSSR count). The number of thiazole rings is 1. The second-order valence-electron chi connectivity index (χ2n) is 4.62. The molecule has 1 aromatic carbocycles. The van der Waals surface area contributed by atoms with Gasteiger partial charge in [-0.15, -0.1) is 11.3 Å². The molecule has 0 bridgehead atoms. The third-order valence-corrected chi connectivity index (χ3v) is 4.15. The SMILES string of the molecule is Cc1ccc(C(N)Cc2nc3ccccc3s2)cn1. The Labute approximate surface area is 116 Å². The van der Waals surface area contributed by atoms with Crippen LogP contribution in [0.1, 0.15) is 22.3 Å². The van der Waals surface area contributed by atoms with Crippen LogP contribution in [0.5, 0.6) is 0 Å². The van der Waals surface area contributed by atoms with E-state index in [4.69, 9.17) is 5.73 Å². The average molecular weight is 269 g/mol. The predicted octanol–water partition coefficient (Wildman–Crippen LogP) is 3.24. The molecule has 1 unspecified atom stereocenters. The molecule has 0 saturated heterocycles. The van der Waals surface area contributed by atoms with E-state index in [2.05, 4.69) is 16.0 Å². The van der Waals surface area contributed by atoms with Gasteiger partial charge < -0.3 is 5.73 Å². The molecule has 2 N–H and O–H groups in total. The van der Waals surface area contributed by atoms with E-state index in [0.29, 0.717) is 0 Å². The lowest BCUT2D eigenvalue weighted by Gasteiger charge is -2.09. The molecule has 2 aromatic heterocycles. The van der Waals surface area contributed by atoms with Crippen LogP contribution in [0.15, 0.2) is 42.6 Å². The van der Waals surface area contributed by atoms with Crippen molar-refractivity contribution in [2.75, 3.05) is 0 Å². The summed E-state index contributed by atoms with van der Waals surface area (Å²) in [5, 5.41) is 1.08. The van der Waals surface area contributed by atoms with Crippen molar-refractivity contribution in [1.82, 2.24) is 9.97 Å². The van der Waals surface area contributed by atoms with Crippen molar-refractivity contribution < 1.29 is 0 Å². The lowest BCUT2D eigenvalue weighted by molar-refractivity contribution is 0.714. The molecule has 0 amide bonds. The van der Waals surface area contributed by atoms with Gasteiger partial charge in [0.25, 0.3) is 0 Å². The Morgan fingerprint density at radius 2 is 2.05 bits per heavy atom. The molecule has 19 heavy (non-hydrogen) atoms. The van der Waals surface area contributed by atoms with Gasteiger partial charge in [0.05, 0.1) is 15.2 Å². The fourth-order valence-corrected chi connectivity index (χ4v) is 3.04. The molecule has 0 spiro atoms. The van der Waals surface area contributed by atoms with E-state index in [0.717, 1.165) is 28.2 Å². The molecule has 0 fully saturated rings. The maximum atomic E-state index is 6.23. The fourth-order valence-electron chi connectivity index (χ4n) is 2.01. The number of fused-ring (bicyclic) bond motifs is 1. The summed E-state index contributed by atoms with van der Waals surface area (Å²) in [6.07, 6.45) is 2.61. The Morgan fingerprint density at radius 3 is 2.79 bits per heavy atom. The Balaban J connectivity index is 1.82. The quantitative estimate of drug-likeness (QED) is 0.794. The van der Waals surface area contributed by atoms with Gasteiger partial charge in [-0.25, -0.2) is 4.98 Å². The first-order valence-electron chi connectivity index (χ1n) is 6.25. The van der Waals surface area contributed by atoms with Gasteiger partial charge >= 0.3 is 0 Å². The highest BCUT2D eigenvalue weighted by Gasteiger charge is 2.11. The molecule has 0 saturated carbocycles. The first kappa shape index (κ1) is 12.3. The first-order chi connectivity index (χ1) is 9.22. The summed E-state index contributed by atoms with van der Waals surface area (Å²) in [7, 11) is 0.